The van der Waals surface area contributed by atoms with Crippen LogP contribution in [0.2, 0.25) is 0 Å². The van der Waals surface area contributed by atoms with Crippen molar-refractivity contribution >= 4 is 32.7 Å². The van der Waals surface area contributed by atoms with Crippen molar-refractivity contribution in [3.05, 3.63) is 58.6 Å². The Morgan fingerprint density at radius 2 is 1.81 bits per heavy atom. The van der Waals surface area contributed by atoms with Gasteiger partial charge in [-0.1, -0.05) is 29.3 Å². The van der Waals surface area contributed by atoms with Gasteiger partial charge >= 0.3 is 0 Å². The van der Waals surface area contributed by atoms with E-state index in [1.165, 1.54) is 12.8 Å². The van der Waals surface area contributed by atoms with Crippen LogP contribution in [0.25, 0.3) is 22.2 Å². The number of rotatable bonds is 6. The van der Waals surface area contributed by atoms with Gasteiger partial charge < -0.3 is 9.64 Å². The van der Waals surface area contributed by atoms with Crippen LogP contribution in [0.4, 0.5) is 0 Å². The van der Waals surface area contributed by atoms with Crippen molar-refractivity contribution in [1.82, 2.24) is 14.8 Å². The number of piperazine rings is 1. The number of carbonyl (C=O) groups is 1. The second kappa shape index (κ2) is 9.79. The van der Waals surface area contributed by atoms with Gasteiger partial charge in [0.25, 0.3) is 5.91 Å². The molecule has 2 aromatic carbocycles. The van der Waals surface area contributed by atoms with E-state index in [-0.39, 0.29) is 5.91 Å². The Kier molecular flexibility index (Phi) is 6.88. The zero-order valence-electron chi connectivity index (χ0n) is 18.1. The molecule has 3 aromatic rings. The van der Waals surface area contributed by atoms with Gasteiger partial charge in [-0.2, -0.15) is 0 Å². The summed E-state index contributed by atoms with van der Waals surface area (Å²) < 4.78 is 6.21. The summed E-state index contributed by atoms with van der Waals surface area (Å²) in [7, 11) is 1.65. The number of unbranched alkanes of at least 4 members (excludes halogenated alkanes) is 1. The van der Waals surface area contributed by atoms with Crippen molar-refractivity contribution in [3.8, 4) is 17.0 Å². The van der Waals surface area contributed by atoms with E-state index in [1.807, 2.05) is 53.4 Å². The largest absolute Gasteiger partial charge is 0.497 e. The molecule has 1 aliphatic heterocycles. The van der Waals surface area contributed by atoms with Crippen LogP contribution in [0.1, 0.15) is 30.1 Å². The highest BCUT2D eigenvalue weighted by Crippen LogP contribution is 2.29. The van der Waals surface area contributed by atoms with E-state index >= 15 is 0 Å². The number of hydrogen-bond donors (Lipinski definition) is 0. The number of benzene rings is 2. The third-order valence-corrected chi connectivity index (χ3v) is 6.37. The van der Waals surface area contributed by atoms with Crippen molar-refractivity contribution < 1.29 is 9.53 Å². The van der Waals surface area contributed by atoms with Crippen molar-refractivity contribution in [2.75, 3.05) is 39.8 Å². The predicted molar refractivity (Wildman–Crippen MR) is 129 cm³/mol. The Morgan fingerprint density at radius 1 is 1.06 bits per heavy atom. The average Bonchev–Trinajstić information content (AvgIpc) is 2.82. The van der Waals surface area contributed by atoms with Crippen molar-refractivity contribution in [2.45, 2.75) is 19.8 Å². The molecule has 4 rings (SSSR count). The summed E-state index contributed by atoms with van der Waals surface area (Å²) in [5.41, 5.74) is 3.28. The summed E-state index contributed by atoms with van der Waals surface area (Å²) >= 11 is 3.55. The van der Waals surface area contributed by atoms with Crippen LogP contribution in [-0.4, -0.2) is 60.5 Å². The van der Waals surface area contributed by atoms with Gasteiger partial charge in [0, 0.05) is 41.6 Å². The summed E-state index contributed by atoms with van der Waals surface area (Å²) in [6.45, 7) is 6.72. The molecule has 162 valence electrons. The van der Waals surface area contributed by atoms with Gasteiger partial charge in [-0.05, 0) is 61.5 Å². The SMILES string of the molecule is CCCCN1CCN(C(=O)c2cc(-c3ccc(OC)cc3)nc3ccc(Br)cc23)CC1. The number of methoxy groups -OCH3 is 1. The fourth-order valence-corrected chi connectivity index (χ4v) is 4.37. The molecule has 31 heavy (non-hydrogen) atoms. The number of pyridine rings is 1. The standard InChI is InChI=1S/C25H28BrN3O2/c1-3-4-11-28-12-14-29(15-13-28)25(30)22-17-24(18-5-8-20(31-2)9-6-18)27-23-10-7-19(26)16-21(22)23/h5-10,16-17H,3-4,11-15H2,1-2H3. The van der Waals surface area contributed by atoms with Gasteiger partial charge in [0.15, 0.2) is 0 Å². The molecule has 1 aliphatic rings. The second-order valence-electron chi connectivity index (χ2n) is 7.93. The van der Waals surface area contributed by atoms with Crippen LogP contribution < -0.4 is 4.74 Å². The van der Waals surface area contributed by atoms with Crippen molar-refractivity contribution in [2.24, 2.45) is 0 Å². The van der Waals surface area contributed by atoms with E-state index in [0.717, 1.165) is 65.1 Å². The Bertz CT molecular complexity index is 1060. The number of fused-ring (bicyclic) bond motifs is 1. The number of amides is 1. The van der Waals surface area contributed by atoms with Crippen molar-refractivity contribution in [1.29, 1.82) is 0 Å². The lowest BCUT2D eigenvalue weighted by molar-refractivity contribution is 0.0637. The lowest BCUT2D eigenvalue weighted by atomic mass is 10.0. The van der Waals surface area contributed by atoms with Crippen LogP contribution in [0.3, 0.4) is 0 Å². The first-order chi connectivity index (χ1) is 15.1. The molecular weight excluding hydrogens is 454 g/mol. The maximum Gasteiger partial charge on any atom is 0.254 e. The molecule has 1 saturated heterocycles. The minimum atomic E-state index is 0.0791. The average molecular weight is 482 g/mol. The number of ether oxygens (including phenoxy) is 1. The molecule has 0 aliphatic carbocycles. The normalized spacial score (nSPS) is 14.7. The highest BCUT2D eigenvalue weighted by atomic mass is 79.9. The molecular formula is C25H28BrN3O2. The molecule has 0 unspecified atom stereocenters. The lowest BCUT2D eigenvalue weighted by Crippen LogP contribution is -2.48. The van der Waals surface area contributed by atoms with Crippen molar-refractivity contribution in [3.63, 3.8) is 0 Å². The zero-order valence-corrected chi connectivity index (χ0v) is 19.7. The molecule has 0 N–H and O–H groups in total. The van der Waals surface area contributed by atoms with E-state index in [4.69, 9.17) is 9.72 Å². The first kappa shape index (κ1) is 21.8. The fraction of sp³-hybridized carbons (Fsp3) is 0.360. The number of nitrogens with zero attached hydrogens (tertiary/aromatic N) is 3. The van der Waals surface area contributed by atoms with Gasteiger partial charge in [0.05, 0.1) is 23.9 Å². The van der Waals surface area contributed by atoms with Crippen LogP contribution in [0.15, 0.2) is 53.0 Å². The topological polar surface area (TPSA) is 45.7 Å². The number of halogens is 1. The predicted octanol–water partition coefficient (Wildman–Crippen LogP) is 5.23. The number of hydrogen-bond acceptors (Lipinski definition) is 4. The highest BCUT2D eigenvalue weighted by molar-refractivity contribution is 9.10. The molecule has 1 amide bonds. The number of carbonyl (C=O) groups excluding carboxylic acids is 1. The lowest BCUT2D eigenvalue weighted by Gasteiger charge is -2.35. The summed E-state index contributed by atoms with van der Waals surface area (Å²) in [4.78, 5) is 22.8. The zero-order chi connectivity index (χ0) is 21.8. The third kappa shape index (κ3) is 4.91. The molecule has 0 saturated carbocycles. The maximum atomic E-state index is 13.6. The van der Waals surface area contributed by atoms with E-state index < -0.39 is 0 Å². The number of aromatic nitrogens is 1. The third-order valence-electron chi connectivity index (χ3n) is 5.87. The van der Waals surface area contributed by atoms with E-state index in [9.17, 15) is 4.79 Å². The van der Waals surface area contributed by atoms with Crippen LogP contribution in [0, 0.1) is 0 Å². The molecule has 6 heteroatoms. The minimum Gasteiger partial charge on any atom is -0.497 e. The maximum absolute atomic E-state index is 13.6. The van der Waals surface area contributed by atoms with E-state index in [2.05, 4.69) is 27.8 Å². The summed E-state index contributed by atoms with van der Waals surface area (Å²) in [5, 5.41) is 0.880. The van der Waals surface area contributed by atoms with Gasteiger partial charge in [0.1, 0.15) is 5.75 Å². The Labute approximate surface area is 192 Å². The first-order valence-corrected chi connectivity index (χ1v) is 11.6. The monoisotopic (exact) mass is 481 g/mol. The molecule has 1 fully saturated rings. The van der Waals surface area contributed by atoms with Crippen LogP contribution in [0.5, 0.6) is 5.75 Å². The molecule has 0 radical (unpaired) electrons. The Hall–Kier alpha value is -2.44. The minimum absolute atomic E-state index is 0.0791. The van der Waals surface area contributed by atoms with Gasteiger partial charge in [-0.3, -0.25) is 9.69 Å². The second-order valence-corrected chi connectivity index (χ2v) is 8.85. The Morgan fingerprint density at radius 3 is 2.48 bits per heavy atom. The molecule has 2 heterocycles. The van der Waals surface area contributed by atoms with Crippen LogP contribution >= 0.6 is 15.9 Å². The highest BCUT2D eigenvalue weighted by Gasteiger charge is 2.24. The van der Waals surface area contributed by atoms with Gasteiger partial charge in [-0.15, -0.1) is 0 Å². The molecule has 1 aromatic heterocycles. The van der Waals surface area contributed by atoms with Gasteiger partial charge in [0.2, 0.25) is 0 Å². The molecule has 0 bridgehead atoms. The summed E-state index contributed by atoms with van der Waals surface area (Å²) in [6, 6.07) is 15.6. The van der Waals surface area contributed by atoms with E-state index in [1.54, 1.807) is 7.11 Å². The molecule has 0 atom stereocenters. The van der Waals surface area contributed by atoms with E-state index in [0.29, 0.717) is 5.56 Å². The summed E-state index contributed by atoms with van der Waals surface area (Å²) in [6.07, 6.45) is 2.41. The first-order valence-electron chi connectivity index (χ1n) is 10.9. The smallest absolute Gasteiger partial charge is 0.254 e. The molecule has 0 spiro atoms. The Balaban J connectivity index is 1.66. The molecule has 5 nitrogen and oxygen atoms in total. The fourth-order valence-electron chi connectivity index (χ4n) is 4.01. The summed E-state index contributed by atoms with van der Waals surface area (Å²) in [5.74, 6) is 0.876. The quantitative estimate of drug-likeness (QED) is 0.483. The van der Waals surface area contributed by atoms with Gasteiger partial charge in [-0.25, -0.2) is 4.98 Å². The van der Waals surface area contributed by atoms with Crippen LogP contribution in [-0.2, 0) is 0 Å².